The van der Waals surface area contributed by atoms with Crippen LogP contribution in [0.2, 0.25) is 0 Å². The van der Waals surface area contributed by atoms with Gasteiger partial charge in [0.25, 0.3) is 0 Å². The summed E-state index contributed by atoms with van der Waals surface area (Å²) in [6, 6.07) is 16.4. The molecule has 2 aromatic carbocycles. The molecule has 0 bridgehead atoms. The second kappa shape index (κ2) is 7.51. The molecule has 9 heteroatoms. The van der Waals surface area contributed by atoms with Gasteiger partial charge in [0.1, 0.15) is 17.2 Å². The summed E-state index contributed by atoms with van der Waals surface area (Å²) in [6.07, 6.45) is 0. The van der Waals surface area contributed by atoms with Crippen molar-refractivity contribution in [2.24, 2.45) is 0 Å². The maximum absolute atomic E-state index is 12.7. The highest BCUT2D eigenvalue weighted by Crippen LogP contribution is 2.25. The molecule has 0 aliphatic carbocycles. The largest absolute Gasteiger partial charge is 0.424 e. The van der Waals surface area contributed by atoms with E-state index in [0.717, 1.165) is 0 Å². The fourth-order valence-corrected chi connectivity index (χ4v) is 4.13. The maximum atomic E-state index is 12.7. The van der Waals surface area contributed by atoms with Crippen LogP contribution >= 0.6 is 0 Å². The zero-order chi connectivity index (χ0) is 20.4. The van der Waals surface area contributed by atoms with Gasteiger partial charge in [0.15, 0.2) is 5.58 Å². The number of anilines is 1. The van der Waals surface area contributed by atoms with Crippen LogP contribution < -0.4 is 9.46 Å². The Hall–Kier alpha value is -3.46. The zero-order valence-electron chi connectivity index (χ0n) is 15.8. The van der Waals surface area contributed by atoms with Crippen LogP contribution in [0.4, 0.5) is 5.69 Å². The van der Waals surface area contributed by atoms with Gasteiger partial charge in [-0.1, -0.05) is 35.5 Å². The topological polar surface area (TPSA) is 107 Å². The molecule has 0 atom stereocenters. The highest BCUT2D eigenvalue weighted by atomic mass is 32.2. The smallest absolute Gasteiger partial charge is 0.322 e. The normalized spacial score (nSPS) is 11.5. The molecule has 0 fully saturated rings. The van der Waals surface area contributed by atoms with Crippen LogP contribution in [-0.4, -0.2) is 23.5 Å². The first kappa shape index (κ1) is 18.9. The molecule has 29 heavy (non-hydrogen) atoms. The third-order valence-electron chi connectivity index (χ3n) is 4.24. The Morgan fingerprint density at radius 2 is 1.62 bits per heavy atom. The van der Waals surface area contributed by atoms with Crippen molar-refractivity contribution >= 4 is 26.7 Å². The molecule has 0 aliphatic rings. The fraction of sp³-hybridized carbons (Fsp3) is 0.150. The molecule has 0 aliphatic heterocycles. The molecule has 8 nitrogen and oxygen atoms in total. The average Bonchev–Trinajstić information content (AvgIpc) is 3.08. The monoisotopic (exact) mass is 410 g/mol. The fourth-order valence-electron chi connectivity index (χ4n) is 2.89. The van der Waals surface area contributed by atoms with Crippen LogP contribution in [0.25, 0.3) is 11.0 Å². The lowest BCUT2D eigenvalue weighted by Gasteiger charge is -2.13. The molecular formula is C20H18N4O4S. The predicted molar refractivity (Wildman–Crippen MR) is 108 cm³/mol. The second-order valence-electron chi connectivity index (χ2n) is 6.45. The Morgan fingerprint density at radius 1 is 0.966 bits per heavy atom. The van der Waals surface area contributed by atoms with Crippen molar-refractivity contribution in [1.29, 1.82) is 0 Å². The van der Waals surface area contributed by atoms with Crippen molar-refractivity contribution < 1.29 is 17.7 Å². The van der Waals surface area contributed by atoms with E-state index in [2.05, 4.69) is 19.8 Å². The van der Waals surface area contributed by atoms with E-state index in [4.69, 9.17) is 9.26 Å². The van der Waals surface area contributed by atoms with E-state index in [1.54, 1.807) is 50.2 Å². The molecule has 0 spiro atoms. The molecule has 0 saturated heterocycles. The summed E-state index contributed by atoms with van der Waals surface area (Å²) in [6.45, 7) is 3.38. The van der Waals surface area contributed by atoms with Gasteiger partial charge in [-0.05, 0) is 38.1 Å². The molecule has 0 saturated carbocycles. The second-order valence-corrected chi connectivity index (χ2v) is 8.18. The summed E-state index contributed by atoms with van der Waals surface area (Å²) in [7, 11) is -3.76. The zero-order valence-corrected chi connectivity index (χ0v) is 16.6. The van der Waals surface area contributed by atoms with Crippen molar-refractivity contribution in [1.82, 2.24) is 15.1 Å². The number of aromatic nitrogens is 3. The van der Waals surface area contributed by atoms with Crippen LogP contribution in [0, 0.1) is 13.8 Å². The molecule has 0 unspecified atom stereocenters. The van der Waals surface area contributed by atoms with Crippen molar-refractivity contribution in [2.75, 3.05) is 4.72 Å². The first-order valence-electron chi connectivity index (χ1n) is 8.83. The minimum Gasteiger partial charge on any atom is -0.424 e. The van der Waals surface area contributed by atoms with Gasteiger partial charge < -0.3 is 9.26 Å². The molecular weight excluding hydrogens is 392 g/mol. The number of nitrogens with one attached hydrogen (secondary N) is 1. The SMILES string of the molecule is Cc1nc(Oc2ccccc2)nc(C)c1NS(=O)(=O)Cc1noc2ccccc12. The average molecular weight is 410 g/mol. The number of ether oxygens (including phenoxy) is 1. The van der Waals surface area contributed by atoms with Crippen LogP contribution in [0.3, 0.4) is 0 Å². The molecule has 0 radical (unpaired) electrons. The number of nitrogens with zero attached hydrogens (tertiary/aromatic N) is 3. The van der Waals surface area contributed by atoms with Gasteiger partial charge in [0.2, 0.25) is 10.0 Å². The number of fused-ring (bicyclic) bond motifs is 1. The molecule has 4 aromatic rings. The van der Waals surface area contributed by atoms with Crippen molar-refractivity contribution in [3.8, 4) is 11.8 Å². The minimum absolute atomic E-state index is 0.150. The van der Waals surface area contributed by atoms with Gasteiger partial charge in [-0.3, -0.25) is 4.72 Å². The van der Waals surface area contributed by atoms with Gasteiger partial charge in [-0.15, -0.1) is 0 Å². The molecule has 4 rings (SSSR count). The van der Waals surface area contributed by atoms with Crippen LogP contribution in [0.15, 0.2) is 59.1 Å². The van der Waals surface area contributed by atoms with E-state index in [0.29, 0.717) is 39.5 Å². The number of para-hydroxylation sites is 2. The Bertz CT molecular complexity index is 1250. The summed E-state index contributed by atoms with van der Waals surface area (Å²) in [4.78, 5) is 8.53. The number of sulfonamides is 1. The number of rotatable bonds is 6. The van der Waals surface area contributed by atoms with Gasteiger partial charge in [0, 0.05) is 5.39 Å². The van der Waals surface area contributed by atoms with Gasteiger partial charge in [0.05, 0.1) is 17.1 Å². The summed E-state index contributed by atoms with van der Waals surface area (Å²) in [5.41, 5.74) is 2.11. The number of hydrogen-bond donors (Lipinski definition) is 1. The van der Waals surface area contributed by atoms with E-state index in [1.165, 1.54) is 0 Å². The summed E-state index contributed by atoms with van der Waals surface area (Å²) in [5.74, 6) is 0.267. The predicted octanol–water partition coefficient (Wildman–Crippen LogP) is 3.97. The molecule has 148 valence electrons. The van der Waals surface area contributed by atoms with E-state index in [-0.39, 0.29) is 11.8 Å². The Balaban J connectivity index is 1.56. The quantitative estimate of drug-likeness (QED) is 0.512. The summed E-state index contributed by atoms with van der Waals surface area (Å²) in [5, 5.41) is 4.54. The highest BCUT2D eigenvalue weighted by molar-refractivity contribution is 7.91. The third kappa shape index (κ3) is 4.19. The minimum atomic E-state index is -3.76. The first-order chi connectivity index (χ1) is 13.9. The van der Waals surface area contributed by atoms with E-state index in [1.807, 2.05) is 18.2 Å². The Morgan fingerprint density at radius 3 is 2.34 bits per heavy atom. The molecule has 0 amide bonds. The standard InChI is InChI=1S/C20H18N4O4S/c1-13-19(14(2)22-20(21-13)27-15-8-4-3-5-9-15)24-29(25,26)12-17-16-10-6-7-11-18(16)28-23-17/h3-11,24H,12H2,1-2H3. The lowest BCUT2D eigenvalue weighted by molar-refractivity contribution is 0.439. The molecule has 2 heterocycles. The third-order valence-corrected chi connectivity index (χ3v) is 5.41. The van der Waals surface area contributed by atoms with Crippen LogP contribution in [-0.2, 0) is 15.8 Å². The van der Waals surface area contributed by atoms with E-state index < -0.39 is 10.0 Å². The lowest BCUT2D eigenvalue weighted by atomic mass is 10.2. The van der Waals surface area contributed by atoms with Gasteiger partial charge in [-0.25, -0.2) is 8.42 Å². The number of aryl methyl sites for hydroxylation is 2. The lowest BCUT2D eigenvalue weighted by Crippen LogP contribution is -2.18. The van der Waals surface area contributed by atoms with Gasteiger partial charge in [-0.2, -0.15) is 9.97 Å². The first-order valence-corrected chi connectivity index (χ1v) is 10.5. The van der Waals surface area contributed by atoms with Crippen LogP contribution in [0.5, 0.6) is 11.8 Å². The highest BCUT2D eigenvalue weighted by Gasteiger charge is 2.20. The van der Waals surface area contributed by atoms with E-state index in [9.17, 15) is 8.42 Å². The van der Waals surface area contributed by atoms with E-state index >= 15 is 0 Å². The van der Waals surface area contributed by atoms with Gasteiger partial charge >= 0.3 is 6.01 Å². The number of benzene rings is 2. The Labute approximate surface area is 167 Å². The van der Waals surface area contributed by atoms with Crippen LogP contribution in [0.1, 0.15) is 17.1 Å². The van der Waals surface area contributed by atoms with Crippen molar-refractivity contribution in [3.63, 3.8) is 0 Å². The maximum Gasteiger partial charge on any atom is 0.322 e. The molecule has 1 N–H and O–H groups in total. The number of hydrogen-bond acceptors (Lipinski definition) is 7. The molecule has 2 aromatic heterocycles. The Kier molecular flexibility index (Phi) is 4.89. The van der Waals surface area contributed by atoms with Crippen molar-refractivity contribution in [3.05, 3.63) is 71.7 Å². The summed E-state index contributed by atoms with van der Waals surface area (Å²) < 4.78 is 38.8. The summed E-state index contributed by atoms with van der Waals surface area (Å²) >= 11 is 0. The van der Waals surface area contributed by atoms with Crippen molar-refractivity contribution in [2.45, 2.75) is 19.6 Å².